The summed E-state index contributed by atoms with van der Waals surface area (Å²) in [4.78, 5) is 26.4. The van der Waals surface area contributed by atoms with Crippen LogP contribution < -0.4 is 11.2 Å². The fraction of sp³-hybridized carbons (Fsp3) is 0.241. The van der Waals surface area contributed by atoms with E-state index in [-0.39, 0.29) is 13.0 Å². The van der Waals surface area contributed by atoms with Gasteiger partial charge in [0.1, 0.15) is 17.9 Å². The third-order valence-corrected chi connectivity index (χ3v) is 6.67. The molecule has 3 aromatic carbocycles. The number of H-pyrrole nitrogens is 1. The van der Waals surface area contributed by atoms with Crippen LogP contribution in [0.3, 0.4) is 0 Å². The minimum atomic E-state index is -0.948. The van der Waals surface area contributed by atoms with E-state index in [9.17, 15) is 14.7 Å². The Labute approximate surface area is 208 Å². The number of hydrogen-bond donors (Lipinski definition) is 2. The van der Waals surface area contributed by atoms with Gasteiger partial charge in [-0.05, 0) is 23.6 Å². The lowest BCUT2D eigenvalue weighted by atomic mass is 9.80. The Morgan fingerprint density at radius 1 is 0.917 bits per heavy atom. The van der Waals surface area contributed by atoms with Gasteiger partial charge in [-0.2, -0.15) is 0 Å². The summed E-state index contributed by atoms with van der Waals surface area (Å²) in [5, 5.41) is 10.9. The van der Waals surface area contributed by atoms with Crippen LogP contribution >= 0.6 is 0 Å². The Balaban J connectivity index is 1.50. The third-order valence-electron chi connectivity index (χ3n) is 6.67. The molecule has 0 amide bonds. The maximum atomic E-state index is 12.4. The van der Waals surface area contributed by atoms with Gasteiger partial charge in [-0.15, -0.1) is 0 Å². The SMILES string of the molecule is Cc1cn([C@H]2C[C@H](O)[C@H](COC(c3ccccc3)(c3ccccc3)c3ccccc3)O2)c(=O)[nH]c1=O. The van der Waals surface area contributed by atoms with Crippen LogP contribution in [0, 0.1) is 6.92 Å². The molecule has 3 atom stereocenters. The van der Waals surface area contributed by atoms with E-state index in [4.69, 9.17) is 9.47 Å². The molecule has 36 heavy (non-hydrogen) atoms. The van der Waals surface area contributed by atoms with E-state index in [1.54, 1.807) is 6.92 Å². The summed E-state index contributed by atoms with van der Waals surface area (Å²) in [5.41, 5.74) is 1.26. The molecule has 0 spiro atoms. The second-order valence-corrected chi connectivity index (χ2v) is 9.00. The van der Waals surface area contributed by atoms with E-state index in [1.165, 1.54) is 10.8 Å². The monoisotopic (exact) mass is 484 g/mol. The van der Waals surface area contributed by atoms with Gasteiger partial charge < -0.3 is 14.6 Å². The predicted molar refractivity (Wildman–Crippen MR) is 136 cm³/mol. The summed E-state index contributed by atoms with van der Waals surface area (Å²) in [6.07, 6.45) is -0.576. The number of aliphatic hydroxyl groups excluding tert-OH is 1. The van der Waals surface area contributed by atoms with Crippen molar-refractivity contribution < 1.29 is 14.6 Å². The highest BCUT2D eigenvalue weighted by atomic mass is 16.6. The van der Waals surface area contributed by atoms with Crippen LogP contribution in [0.1, 0.15) is 34.9 Å². The number of nitrogens with one attached hydrogen (secondary N) is 1. The van der Waals surface area contributed by atoms with Gasteiger partial charge in [0.2, 0.25) is 0 Å². The van der Waals surface area contributed by atoms with Crippen molar-refractivity contribution in [2.45, 2.75) is 37.4 Å². The molecule has 4 aromatic rings. The zero-order chi connectivity index (χ0) is 25.1. The molecule has 0 saturated carbocycles. The number of aliphatic hydroxyl groups is 1. The minimum absolute atomic E-state index is 0.0768. The molecule has 2 heterocycles. The Hall–Kier alpha value is -3.78. The van der Waals surface area contributed by atoms with Crippen molar-refractivity contribution in [3.05, 3.63) is 140 Å². The van der Waals surface area contributed by atoms with Crippen LogP contribution in [0.4, 0.5) is 0 Å². The molecule has 5 rings (SSSR count). The fourth-order valence-electron chi connectivity index (χ4n) is 4.81. The first-order valence-electron chi connectivity index (χ1n) is 11.9. The van der Waals surface area contributed by atoms with E-state index in [0.717, 1.165) is 16.7 Å². The summed E-state index contributed by atoms with van der Waals surface area (Å²) in [6, 6.07) is 29.9. The average Bonchev–Trinajstić information content (AvgIpc) is 3.28. The second kappa shape index (κ2) is 10.1. The molecule has 0 aliphatic carbocycles. The molecule has 2 N–H and O–H groups in total. The van der Waals surface area contributed by atoms with Gasteiger partial charge in [-0.1, -0.05) is 91.0 Å². The number of ether oxygens (including phenoxy) is 2. The van der Waals surface area contributed by atoms with E-state index in [0.29, 0.717) is 5.56 Å². The van der Waals surface area contributed by atoms with Crippen molar-refractivity contribution in [1.29, 1.82) is 0 Å². The zero-order valence-corrected chi connectivity index (χ0v) is 19.9. The molecule has 1 fully saturated rings. The summed E-state index contributed by atoms with van der Waals surface area (Å²) in [6.45, 7) is 1.70. The normalized spacial score (nSPS) is 19.9. The first-order valence-corrected chi connectivity index (χ1v) is 11.9. The topological polar surface area (TPSA) is 93.6 Å². The van der Waals surface area contributed by atoms with E-state index < -0.39 is 35.3 Å². The highest BCUT2D eigenvalue weighted by Crippen LogP contribution is 2.41. The molecular formula is C29H28N2O5. The Bertz CT molecular complexity index is 1320. The van der Waals surface area contributed by atoms with Crippen LogP contribution in [0.15, 0.2) is 107 Å². The van der Waals surface area contributed by atoms with Crippen molar-refractivity contribution in [3.8, 4) is 0 Å². The maximum Gasteiger partial charge on any atom is 0.330 e. The van der Waals surface area contributed by atoms with Gasteiger partial charge in [-0.3, -0.25) is 14.3 Å². The number of nitrogens with zero attached hydrogens (tertiary/aromatic N) is 1. The van der Waals surface area contributed by atoms with Gasteiger partial charge in [0.15, 0.2) is 0 Å². The highest BCUT2D eigenvalue weighted by Gasteiger charge is 2.41. The quantitative estimate of drug-likeness (QED) is 0.392. The lowest BCUT2D eigenvalue weighted by Crippen LogP contribution is -2.38. The first-order chi connectivity index (χ1) is 17.5. The smallest absolute Gasteiger partial charge is 0.330 e. The summed E-state index contributed by atoms with van der Waals surface area (Å²) >= 11 is 0. The number of aromatic nitrogens is 2. The standard InChI is InChI=1S/C29H28N2O5/c1-20-18-31(28(34)30-27(20)33)26-17-24(32)25(36-26)19-35-29(21-11-5-2-6-12-21,22-13-7-3-8-14-22)23-15-9-4-10-16-23/h2-16,18,24-26,32H,17,19H2,1H3,(H,30,33,34)/t24-,25-,26+/m0/s1. The molecule has 0 radical (unpaired) electrons. The zero-order valence-electron chi connectivity index (χ0n) is 19.9. The highest BCUT2D eigenvalue weighted by molar-refractivity contribution is 5.47. The third kappa shape index (κ3) is 4.44. The lowest BCUT2D eigenvalue weighted by Gasteiger charge is -2.37. The van der Waals surface area contributed by atoms with Crippen molar-refractivity contribution in [1.82, 2.24) is 9.55 Å². The van der Waals surface area contributed by atoms with Gasteiger partial charge in [0, 0.05) is 18.2 Å². The predicted octanol–water partition coefficient (Wildman–Crippen LogP) is 3.50. The van der Waals surface area contributed by atoms with Gasteiger partial charge in [-0.25, -0.2) is 4.79 Å². The Kier molecular flexibility index (Phi) is 6.69. The molecule has 184 valence electrons. The number of benzene rings is 3. The molecule has 1 aromatic heterocycles. The average molecular weight is 485 g/mol. The van der Waals surface area contributed by atoms with E-state index in [1.807, 2.05) is 91.0 Å². The second-order valence-electron chi connectivity index (χ2n) is 9.00. The van der Waals surface area contributed by atoms with Crippen LogP contribution in [0.5, 0.6) is 0 Å². The summed E-state index contributed by atoms with van der Waals surface area (Å²) in [5.74, 6) is 0. The lowest BCUT2D eigenvalue weighted by molar-refractivity contribution is -0.0944. The molecule has 7 heteroatoms. The van der Waals surface area contributed by atoms with Gasteiger partial charge >= 0.3 is 5.69 Å². The summed E-state index contributed by atoms with van der Waals surface area (Å²) in [7, 11) is 0. The molecule has 0 unspecified atom stereocenters. The number of rotatable bonds is 7. The largest absolute Gasteiger partial charge is 0.390 e. The first kappa shape index (κ1) is 23.9. The van der Waals surface area contributed by atoms with Crippen LogP contribution in [-0.2, 0) is 15.1 Å². The summed E-state index contributed by atoms with van der Waals surface area (Å²) < 4.78 is 14.2. The molecule has 1 aliphatic rings. The van der Waals surface area contributed by atoms with Crippen molar-refractivity contribution in [2.75, 3.05) is 6.61 Å². The number of aromatic amines is 1. The fourth-order valence-corrected chi connectivity index (χ4v) is 4.81. The van der Waals surface area contributed by atoms with Crippen LogP contribution in [-0.4, -0.2) is 33.5 Å². The van der Waals surface area contributed by atoms with Crippen molar-refractivity contribution >= 4 is 0 Å². The maximum absolute atomic E-state index is 12.4. The molecule has 1 saturated heterocycles. The minimum Gasteiger partial charge on any atom is -0.390 e. The van der Waals surface area contributed by atoms with Crippen LogP contribution in [0.25, 0.3) is 0 Å². The molecular weight excluding hydrogens is 456 g/mol. The van der Waals surface area contributed by atoms with Gasteiger partial charge in [0.25, 0.3) is 5.56 Å². The van der Waals surface area contributed by atoms with Crippen molar-refractivity contribution in [2.24, 2.45) is 0 Å². The van der Waals surface area contributed by atoms with Gasteiger partial charge in [0.05, 0.1) is 12.7 Å². The van der Waals surface area contributed by atoms with Crippen LogP contribution in [0.2, 0.25) is 0 Å². The van der Waals surface area contributed by atoms with E-state index in [2.05, 4.69) is 4.98 Å². The molecule has 0 bridgehead atoms. The Morgan fingerprint density at radius 3 is 1.92 bits per heavy atom. The molecule has 7 nitrogen and oxygen atoms in total. The van der Waals surface area contributed by atoms with E-state index >= 15 is 0 Å². The van der Waals surface area contributed by atoms with Crippen molar-refractivity contribution in [3.63, 3.8) is 0 Å². The number of aryl methyl sites for hydroxylation is 1. The number of hydrogen-bond acceptors (Lipinski definition) is 5. The Morgan fingerprint density at radius 2 is 1.42 bits per heavy atom. The molecule has 1 aliphatic heterocycles.